The molecule has 1 atom stereocenters. The zero-order chi connectivity index (χ0) is 12.3. The van der Waals surface area contributed by atoms with Crippen molar-refractivity contribution in [2.75, 3.05) is 39.3 Å². The molecule has 0 aliphatic carbocycles. The zero-order valence-electron chi connectivity index (χ0n) is 11.3. The average Bonchev–Trinajstić information content (AvgIpc) is 3.02. The minimum absolute atomic E-state index is 0. The Balaban J connectivity index is 0.00000133. The highest BCUT2D eigenvalue weighted by Crippen LogP contribution is 2.35. The van der Waals surface area contributed by atoms with Gasteiger partial charge in [-0.3, -0.25) is 4.90 Å². The Labute approximate surface area is 121 Å². The lowest BCUT2D eigenvalue weighted by Gasteiger charge is -2.22. The molecule has 1 unspecified atom stereocenters. The van der Waals surface area contributed by atoms with Crippen molar-refractivity contribution in [2.45, 2.75) is 12.8 Å². The summed E-state index contributed by atoms with van der Waals surface area (Å²) in [5.41, 5.74) is 0.576. The van der Waals surface area contributed by atoms with Gasteiger partial charge < -0.3 is 10.1 Å². The summed E-state index contributed by atoms with van der Waals surface area (Å²) in [5, 5.41) is 3.50. The van der Waals surface area contributed by atoms with Crippen molar-refractivity contribution in [1.82, 2.24) is 10.2 Å². The van der Waals surface area contributed by atoms with E-state index in [4.69, 9.17) is 4.74 Å². The van der Waals surface area contributed by atoms with Crippen molar-refractivity contribution >= 4 is 12.4 Å². The van der Waals surface area contributed by atoms with Crippen LogP contribution >= 0.6 is 12.4 Å². The van der Waals surface area contributed by atoms with Crippen molar-refractivity contribution < 1.29 is 4.74 Å². The van der Waals surface area contributed by atoms with Gasteiger partial charge in [0, 0.05) is 19.6 Å². The van der Waals surface area contributed by atoms with Gasteiger partial charge in [-0.15, -0.1) is 12.4 Å². The van der Waals surface area contributed by atoms with Crippen molar-refractivity contribution in [3.05, 3.63) is 30.3 Å². The maximum absolute atomic E-state index is 5.76. The Morgan fingerprint density at radius 1 is 1.21 bits per heavy atom. The van der Waals surface area contributed by atoms with Crippen molar-refractivity contribution in [2.24, 2.45) is 5.41 Å². The molecule has 106 valence electrons. The van der Waals surface area contributed by atoms with Crippen LogP contribution in [0.3, 0.4) is 0 Å². The normalized spacial score (nSPS) is 26.5. The summed E-state index contributed by atoms with van der Waals surface area (Å²) < 4.78 is 5.76. The molecule has 3 rings (SSSR count). The number of hydrogen-bond acceptors (Lipinski definition) is 3. The third-order valence-corrected chi connectivity index (χ3v) is 4.27. The minimum Gasteiger partial charge on any atom is -0.492 e. The van der Waals surface area contributed by atoms with E-state index in [1.54, 1.807) is 0 Å². The lowest BCUT2D eigenvalue weighted by molar-refractivity contribution is 0.217. The lowest BCUT2D eigenvalue weighted by Crippen LogP contribution is -2.31. The second-order valence-electron chi connectivity index (χ2n) is 5.61. The molecule has 2 aliphatic rings. The van der Waals surface area contributed by atoms with Gasteiger partial charge in [0.05, 0.1) is 0 Å². The maximum atomic E-state index is 5.76. The van der Waals surface area contributed by atoms with E-state index in [-0.39, 0.29) is 12.4 Å². The van der Waals surface area contributed by atoms with E-state index in [1.165, 1.54) is 39.0 Å². The van der Waals surface area contributed by atoms with Gasteiger partial charge >= 0.3 is 0 Å². The predicted octanol–water partition coefficient (Wildman–Crippen LogP) is 2.17. The summed E-state index contributed by atoms with van der Waals surface area (Å²) in [6.45, 7) is 6.75. The van der Waals surface area contributed by atoms with E-state index in [1.807, 2.05) is 30.3 Å². The van der Waals surface area contributed by atoms with Crippen LogP contribution in [0.5, 0.6) is 5.75 Å². The number of para-hydroxylation sites is 1. The van der Waals surface area contributed by atoms with Crippen molar-refractivity contribution in [1.29, 1.82) is 0 Å². The lowest BCUT2D eigenvalue weighted by atomic mass is 9.87. The second-order valence-corrected chi connectivity index (χ2v) is 5.61. The van der Waals surface area contributed by atoms with Crippen LogP contribution in [-0.2, 0) is 0 Å². The van der Waals surface area contributed by atoms with Crippen LogP contribution in [0.25, 0.3) is 0 Å². The highest BCUT2D eigenvalue weighted by Gasteiger charge is 2.39. The highest BCUT2D eigenvalue weighted by molar-refractivity contribution is 5.85. The number of likely N-dealkylation sites (tertiary alicyclic amines) is 1. The Morgan fingerprint density at radius 2 is 2.05 bits per heavy atom. The molecular weight excluding hydrogens is 260 g/mol. The molecule has 3 nitrogen and oxygen atoms in total. The Hall–Kier alpha value is -0.770. The Kier molecular flexibility index (Phi) is 5.08. The quantitative estimate of drug-likeness (QED) is 0.916. The first-order chi connectivity index (χ1) is 8.86. The number of halogens is 1. The molecule has 2 heterocycles. The van der Waals surface area contributed by atoms with E-state index in [2.05, 4.69) is 10.2 Å². The molecular formula is C15H23ClN2O. The van der Waals surface area contributed by atoms with E-state index in [0.29, 0.717) is 5.41 Å². The van der Waals surface area contributed by atoms with Crippen LogP contribution in [0.1, 0.15) is 12.8 Å². The van der Waals surface area contributed by atoms with Gasteiger partial charge in [0.2, 0.25) is 0 Å². The molecule has 0 bridgehead atoms. The fourth-order valence-corrected chi connectivity index (χ4v) is 3.17. The van der Waals surface area contributed by atoms with Crippen LogP contribution in [0.15, 0.2) is 30.3 Å². The first-order valence-electron chi connectivity index (χ1n) is 6.97. The van der Waals surface area contributed by atoms with E-state index in [9.17, 15) is 0 Å². The minimum atomic E-state index is 0. The summed E-state index contributed by atoms with van der Waals surface area (Å²) in [4.78, 5) is 2.55. The summed E-state index contributed by atoms with van der Waals surface area (Å²) in [7, 11) is 0. The van der Waals surface area contributed by atoms with Gasteiger partial charge in [-0.25, -0.2) is 0 Å². The number of ether oxygens (including phenoxy) is 1. The van der Waals surface area contributed by atoms with Crippen LogP contribution in [0.4, 0.5) is 0 Å². The average molecular weight is 283 g/mol. The number of nitrogens with zero attached hydrogens (tertiary/aromatic N) is 1. The fourth-order valence-electron chi connectivity index (χ4n) is 3.17. The van der Waals surface area contributed by atoms with Gasteiger partial charge in [0.25, 0.3) is 0 Å². The molecule has 0 saturated carbocycles. The van der Waals surface area contributed by atoms with Gasteiger partial charge in [0.15, 0.2) is 0 Å². The second kappa shape index (κ2) is 6.60. The van der Waals surface area contributed by atoms with Gasteiger partial charge in [-0.05, 0) is 43.5 Å². The Morgan fingerprint density at radius 3 is 2.79 bits per heavy atom. The zero-order valence-corrected chi connectivity index (χ0v) is 12.1. The first kappa shape index (κ1) is 14.6. The van der Waals surface area contributed by atoms with E-state index in [0.717, 1.165) is 18.9 Å². The smallest absolute Gasteiger partial charge is 0.119 e. The van der Waals surface area contributed by atoms with Crippen molar-refractivity contribution in [3.8, 4) is 5.75 Å². The molecule has 1 spiro atoms. The number of benzene rings is 1. The summed E-state index contributed by atoms with van der Waals surface area (Å²) in [5.74, 6) is 0.981. The molecule has 2 aliphatic heterocycles. The molecule has 2 fully saturated rings. The number of hydrogen-bond donors (Lipinski definition) is 1. The maximum Gasteiger partial charge on any atom is 0.119 e. The van der Waals surface area contributed by atoms with Gasteiger partial charge in [-0.1, -0.05) is 18.2 Å². The first-order valence-corrected chi connectivity index (χ1v) is 6.97. The molecule has 2 saturated heterocycles. The predicted molar refractivity (Wildman–Crippen MR) is 80.2 cm³/mol. The third-order valence-electron chi connectivity index (χ3n) is 4.27. The standard InChI is InChI=1S/C15H22N2O.ClH/c1-2-4-14(5-3-1)18-11-10-17-9-7-15(13-17)6-8-16-12-15;/h1-5,16H,6-13H2;1H. The molecule has 19 heavy (non-hydrogen) atoms. The molecule has 0 radical (unpaired) electrons. The molecule has 0 amide bonds. The number of rotatable bonds is 4. The van der Waals surface area contributed by atoms with E-state index < -0.39 is 0 Å². The third kappa shape index (κ3) is 3.62. The van der Waals surface area contributed by atoms with Crippen LogP contribution < -0.4 is 10.1 Å². The van der Waals surface area contributed by atoms with Gasteiger partial charge in [-0.2, -0.15) is 0 Å². The van der Waals surface area contributed by atoms with Gasteiger partial charge in [0.1, 0.15) is 12.4 Å². The molecule has 0 aromatic heterocycles. The molecule has 1 aromatic carbocycles. The fraction of sp³-hybridized carbons (Fsp3) is 0.600. The molecule has 1 N–H and O–H groups in total. The monoisotopic (exact) mass is 282 g/mol. The largest absolute Gasteiger partial charge is 0.492 e. The van der Waals surface area contributed by atoms with Crippen LogP contribution in [0.2, 0.25) is 0 Å². The number of nitrogens with one attached hydrogen (secondary N) is 1. The van der Waals surface area contributed by atoms with Crippen molar-refractivity contribution in [3.63, 3.8) is 0 Å². The summed E-state index contributed by atoms with van der Waals surface area (Å²) in [6.07, 6.45) is 2.70. The molecule has 4 heteroatoms. The molecule has 1 aromatic rings. The van der Waals surface area contributed by atoms with Crippen LogP contribution in [0, 0.1) is 5.41 Å². The topological polar surface area (TPSA) is 24.5 Å². The Bertz CT molecular complexity index is 379. The van der Waals surface area contributed by atoms with Crippen LogP contribution in [-0.4, -0.2) is 44.2 Å². The SMILES string of the molecule is Cl.c1ccc(OCCN2CCC3(CCNC3)C2)cc1. The van der Waals surface area contributed by atoms with E-state index >= 15 is 0 Å². The highest BCUT2D eigenvalue weighted by atomic mass is 35.5. The summed E-state index contributed by atoms with van der Waals surface area (Å²) in [6, 6.07) is 10.1. The summed E-state index contributed by atoms with van der Waals surface area (Å²) >= 11 is 0.